The van der Waals surface area contributed by atoms with Crippen LogP contribution in [0.2, 0.25) is 5.02 Å². The van der Waals surface area contributed by atoms with Crippen LogP contribution in [-0.4, -0.2) is 24.2 Å². The van der Waals surface area contributed by atoms with Crippen LogP contribution in [0.3, 0.4) is 0 Å². The third-order valence-electron chi connectivity index (χ3n) is 3.44. The van der Waals surface area contributed by atoms with Crippen LogP contribution in [0.5, 0.6) is 0 Å². The largest absolute Gasteiger partial charge is 0.391 e. The van der Waals surface area contributed by atoms with Crippen LogP contribution in [0, 0.1) is 5.92 Å². The van der Waals surface area contributed by atoms with E-state index in [9.17, 15) is 13.2 Å². The number of nitrogens with zero attached hydrogens (tertiary/aromatic N) is 1. The van der Waals surface area contributed by atoms with Crippen LogP contribution in [-0.2, 0) is 6.54 Å². The van der Waals surface area contributed by atoms with E-state index in [4.69, 9.17) is 11.6 Å². The number of rotatable bonds is 2. The van der Waals surface area contributed by atoms with Gasteiger partial charge in [-0.3, -0.25) is 4.90 Å². The van der Waals surface area contributed by atoms with Crippen molar-refractivity contribution in [3.05, 3.63) is 33.3 Å². The molecule has 1 fully saturated rings. The maximum Gasteiger partial charge on any atom is 0.391 e. The maximum absolute atomic E-state index is 12.6. The second-order valence-electron chi connectivity index (χ2n) is 4.84. The monoisotopic (exact) mass is 355 g/mol. The van der Waals surface area contributed by atoms with E-state index < -0.39 is 12.1 Å². The molecule has 6 heteroatoms. The van der Waals surface area contributed by atoms with Gasteiger partial charge in [-0.2, -0.15) is 13.2 Å². The van der Waals surface area contributed by atoms with Crippen molar-refractivity contribution in [2.45, 2.75) is 25.6 Å². The molecule has 0 spiro atoms. The summed E-state index contributed by atoms with van der Waals surface area (Å²) < 4.78 is 38.5. The van der Waals surface area contributed by atoms with Gasteiger partial charge in [-0.1, -0.05) is 17.7 Å². The van der Waals surface area contributed by atoms with Crippen LogP contribution < -0.4 is 0 Å². The standard InChI is InChI=1S/C13H14BrClF3N/c14-11-7-9(1-2-12(11)15)8-19-5-3-10(4-6-19)13(16,17)18/h1-2,7,10H,3-6,8H2. The second-order valence-corrected chi connectivity index (χ2v) is 6.10. The molecule has 0 aliphatic carbocycles. The van der Waals surface area contributed by atoms with Crippen LogP contribution >= 0.6 is 27.5 Å². The summed E-state index contributed by atoms with van der Waals surface area (Å²) in [6, 6.07) is 5.62. The van der Waals surface area contributed by atoms with E-state index in [2.05, 4.69) is 20.8 Å². The van der Waals surface area contributed by atoms with Crippen molar-refractivity contribution in [1.82, 2.24) is 4.90 Å². The molecule has 2 rings (SSSR count). The van der Waals surface area contributed by atoms with E-state index in [1.54, 1.807) is 6.07 Å². The Labute approximate surface area is 123 Å². The molecule has 0 aromatic heterocycles. The Balaban J connectivity index is 1.90. The summed E-state index contributed by atoms with van der Waals surface area (Å²) in [5.41, 5.74) is 1.06. The summed E-state index contributed by atoms with van der Waals surface area (Å²) in [4.78, 5) is 2.05. The zero-order valence-electron chi connectivity index (χ0n) is 10.2. The molecule has 0 saturated carbocycles. The summed E-state index contributed by atoms with van der Waals surface area (Å²) in [5.74, 6) is -1.14. The molecule has 0 bridgehead atoms. The Morgan fingerprint density at radius 3 is 2.42 bits per heavy atom. The van der Waals surface area contributed by atoms with Gasteiger partial charge in [0.05, 0.1) is 10.9 Å². The van der Waals surface area contributed by atoms with Crippen molar-refractivity contribution < 1.29 is 13.2 Å². The molecular weight excluding hydrogens is 343 g/mol. The van der Waals surface area contributed by atoms with Crippen molar-refractivity contribution in [3.63, 3.8) is 0 Å². The Kier molecular flexibility index (Phi) is 4.79. The van der Waals surface area contributed by atoms with Gasteiger partial charge in [-0.15, -0.1) is 0 Å². The molecule has 1 aromatic rings. The summed E-state index contributed by atoms with van der Waals surface area (Å²) in [6.45, 7) is 1.65. The molecule has 19 heavy (non-hydrogen) atoms. The van der Waals surface area contributed by atoms with Crippen LogP contribution in [0.15, 0.2) is 22.7 Å². The lowest BCUT2D eigenvalue weighted by Gasteiger charge is -2.32. The zero-order valence-corrected chi connectivity index (χ0v) is 12.5. The Morgan fingerprint density at radius 1 is 1.26 bits per heavy atom. The SMILES string of the molecule is FC(F)(F)C1CCN(Cc2ccc(Cl)c(Br)c2)CC1. The van der Waals surface area contributed by atoms with Crippen molar-refractivity contribution in [1.29, 1.82) is 0 Å². The topological polar surface area (TPSA) is 3.24 Å². The van der Waals surface area contributed by atoms with E-state index in [0.29, 0.717) is 24.7 Å². The van der Waals surface area contributed by atoms with Crippen molar-refractivity contribution in [2.24, 2.45) is 5.92 Å². The van der Waals surface area contributed by atoms with Gasteiger partial charge in [0.2, 0.25) is 0 Å². The molecule has 106 valence electrons. The first-order chi connectivity index (χ1) is 8.86. The van der Waals surface area contributed by atoms with Crippen LogP contribution in [0.1, 0.15) is 18.4 Å². The fourth-order valence-corrected chi connectivity index (χ4v) is 2.86. The summed E-state index contributed by atoms with van der Waals surface area (Å²) in [7, 11) is 0. The number of halogens is 5. The van der Waals surface area contributed by atoms with Gasteiger partial charge in [0.15, 0.2) is 0 Å². The van der Waals surface area contributed by atoms with Gasteiger partial charge in [-0.25, -0.2) is 0 Å². The first kappa shape index (κ1) is 15.1. The minimum absolute atomic E-state index is 0.193. The predicted octanol–water partition coefficient (Wildman–Crippen LogP) is 4.88. The quantitative estimate of drug-likeness (QED) is 0.730. The minimum Gasteiger partial charge on any atom is -0.299 e. The third kappa shape index (κ3) is 4.10. The van der Waals surface area contributed by atoms with Gasteiger partial charge in [-0.05, 0) is 59.6 Å². The molecule has 1 saturated heterocycles. The lowest BCUT2D eigenvalue weighted by molar-refractivity contribution is -0.185. The van der Waals surface area contributed by atoms with Gasteiger partial charge >= 0.3 is 6.18 Å². The highest BCUT2D eigenvalue weighted by atomic mass is 79.9. The number of benzene rings is 1. The zero-order chi connectivity index (χ0) is 14.0. The molecule has 0 N–H and O–H groups in total. The van der Waals surface area contributed by atoms with E-state index >= 15 is 0 Å². The molecule has 0 atom stereocenters. The number of hydrogen-bond donors (Lipinski definition) is 0. The average molecular weight is 357 g/mol. The summed E-state index contributed by atoms with van der Waals surface area (Å²) in [5, 5.41) is 0.638. The molecule has 0 amide bonds. The van der Waals surface area contributed by atoms with Crippen molar-refractivity contribution >= 4 is 27.5 Å². The maximum atomic E-state index is 12.6. The molecule has 0 unspecified atom stereocenters. The molecule has 1 aliphatic heterocycles. The first-order valence-corrected chi connectivity index (χ1v) is 7.26. The highest BCUT2D eigenvalue weighted by molar-refractivity contribution is 9.10. The highest BCUT2D eigenvalue weighted by Crippen LogP contribution is 2.34. The van der Waals surface area contributed by atoms with E-state index in [0.717, 1.165) is 10.0 Å². The summed E-state index contributed by atoms with van der Waals surface area (Å²) >= 11 is 9.25. The van der Waals surface area contributed by atoms with E-state index in [1.165, 1.54) is 0 Å². The molecule has 0 radical (unpaired) electrons. The smallest absolute Gasteiger partial charge is 0.299 e. The van der Waals surface area contributed by atoms with Crippen molar-refractivity contribution in [2.75, 3.05) is 13.1 Å². The number of piperidine rings is 1. The normalized spacial score (nSPS) is 18.8. The molecule has 1 heterocycles. The molecule has 1 aromatic carbocycles. The number of hydrogen-bond acceptors (Lipinski definition) is 1. The Hall–Kier alpha value is -0.260. The third-order valence-corrected chi connectivity index (χ3v) is 4.65. The Morgan fingerprint density at radius 2 is 1.89 bits per heavy atom. The van der Waals surface area contributed by atoms with E-state index in [1.807, 2.05) is 12.1 Å². The first-order valence-electron chi connectivity index (χ1n) is 6.09. The predicted molar refractivity (Wildman–Crippen MR) is 73.2 cm³/mol. The van der Waals surface area contributed by atoms with Crippen LogP contribution in [0.25, 0.3) is 0 Å². The Bertz CT molecular complexity index is 442. The lowest BCUT2D eigenvalue weighted by Crippen LogP contribution is -2.38. The number of alkyl halides is 3. The van der Waals surface area contributed by atoms with Crippen LogP contribution in [0.4, 0.5) is 13.2 Å². The highest BCUT2D eigenvalue weighted by Gasteiger charge is 2.40. The minimum atomic E-state index is -4.05. The number of likely N-dealkylation sites (tertiary alicyclic amines) is 1. The van der Waals surface area contributed by atoms with Gasteiger partial charge < -0.3 is 0 Å². The molecular formula is C13H14BrClF3N. The molecule has 1 aliphatic rings. The fourth-order valence-electron chi connectivity index (χ4n) is 2.31. The molecule has 1 nitrogen and oxygen atoms in total. The van der Waals surface area contributed by atoms with E-state index in [-0.39, 0.29) is 12.8 Å². The van der Waals surface area contributed by atoms with Gasteiger partial charge in [0.1, 0.15) is 0 Å². The average Bonchev–Trinajstić information content (AvgIpc) is 2.33. The second kappa shape index (κ2) is 6.02. The fraction of sp³-hybridized carbons (Fsp3) is 0.538. The van der Waals surface area contributed by atoms with Gasteiger partial charge in [0, 0.05) is 11.0 Å². The summed E-state index contributed by atoms with van der Waals surface area (Å²) in [6.07, 6.45) is -3.66. The lowest BCUT2D eigenvalue weighted by atomic mass is 9.96. The van der Waals surface area contributed by atoms with Gasteiger partial charge in [0.25, 0.3) is 0 Å². The van der Waals surface area contributed by atoms with Crippen molar-refractivity contribution in [3.8, 4) is 0 Å².